The summed E-state index contributed by atoms with van der Waals surface area (Å²) in [6, 6.07) is 5.34. The molecule has 8 nitrogen and oxygen atoms in total. The molecule has 0 bridgehead atoms. The first-order chi connectivity index (χ1) is 10.9. The summed E-state index contributed by atoms with van der Waals surface area (Å²) in [5, 5.41) is 22.4. The third-order valence-electron chi connectivity index (χ3n) is 4.13. The molecular formula is C15H19N3O5. The number of rotatable bonds is 5. The summed E-state index contributed by atoms with van der Waals surface area (Å²) >= 11 is 0. The normalized spacial score (nSPS) is 17.4. The number of carboxylic acid groups (broad SMARTS) is 1. The van der Waals surface area contributed by atoms with Crippen LogP contribution in [0.3, 0.4) is 0 Å². The van der Waals surface area contributed by atoms with Gasteiger partial charge >= 0.3 is 5.97 Å². The van der Waals surface area contributed by atoms with Gasteiger partial charge in [0.05, 0.1) is 16.9 Å². The maximum absolute atomic E-state index is 12.3. The van der Waals surface area contributed by atoms with Crippen LogP contribution >= 0.6 is 0 Å². The molecule has 1 aromatic rings. The third-order valence-corrected chi connectivity index (χ3v) is 4.13. The SMILES string of the molecule is CC(C(=O)Nc1cccc([N+](=O)[O-])c1)N1CCC(C(=O)O)CC1. The Bertz CT molecular complexity index is 611. The number of nitro groups is 1. The van der Waals surface area contributed by atoms with Gasteiger partial charge in [-0.05, 0) is 38.9 Å². The third kappa shape index (κ3) is 4.26. The highest BCUT2D eigenvalue weighted by atomic mass is 16.6. The van der Waals surface area contributed by atoms with Crippen molar-refractivity contribution in [2.75, 3.05) is 18.4 Å². The fourth-order valence-corrected chi connectivity index (χ4v) is 2.64. The maximum atomic E-state index is 12.3. The number of nitrogens with one attached hydrogen (secondary N) is 1. The minimum atomic E-state index is -0.793. The number of hydrogen-bond acceptors (Lipinski definition) is 5. The van der Waals surface area contributed by atoms with Gasteiger partial charge in [0.2, 0.25) is 5.91 Å². The Morgan fingerprint density at radius 3 is 2.61 bits per heavy atom. The first-order valence-electron chi connectivity index (χ1n) is 7.40. The lowest BCUT2D eigenvalue weighted by molar-refractivity contribution is -0.384. The molecule has 1 amide bonds. The predicted molar refractivity (Wildman–Crippen MR) is 83.1 cm³/mol. The van der Waals surface area contributed by atoms with Gasteiger partial charge in [-0.2, -0.15) is 0 Å². The zero-order valence-corrected chi connectivity index (χ0v) is 12.8. The van der Waals surface area contributed by atoms with Gasteiger partial charge in [0, 0.05) is 17.8 Å². The number of nitrogens with zero attached hydrogens (tertiary/aromatic N) is 2. The lowest BCUT2D eigenvalue weighted by Crippen LogP contribution is -2.46. The number of non-ortho nitro benzene ring substituents is 1. The van der Waals surface area contributed by atoms with E-state index in [-0.39, 0.29) is 17.5 Å². The smallest absolute Gasteiger partial charge is 0.306 e. The van der Waals surface area contributed by atoms with Crippen LogP contribution in [-0.4, -0.2) is 45.9 Å². The lowest BCUT2D eigenvalue weighted by atomic mass is 9.96. The zero-order chi connectivity index (χ0) is 17.0. The average molecular weight is 321 g/mol. The zero-order valence-electron chi connectivity index (χ0n) is 12.8. The van der Waals surface area contributed by atoms with Crippen molar-refractivity contribution >= 4 is 23.3 Å². The van der Waals surface area contributed by atoms with E-state index in [2.05, 4.69) is 5.32 Å². The van der Waals surface area contributed by atoms with Gasteiger partial charge in [0.15, 0.2) is 0 Å². The number of benzene rings is 1. The molecule has 2 N–H and O–H groups in total. The summed E-state index contributed by atoms with van der Waals surface area (Å²) in [7, 11) is 0. The second kappa shape index (κ2) is 7.19. The molecule has 1 aliphatic rings. The summed E-state index contributed by atoms with van der Waals surface area (Å²) in [5.74, 6) is -1.41. The molecule has 124 valence electrons. The topological polar surface area (TPSA) is 113 Å². The van der Waals surface area contributed by atoms with Gasteiger partial charge in [0.25, 0.3) is 5.69 Å². The van der Waals surface area contributed by atoms with Gasteiger partial charge in [-0.15, -0.1) is 0 Å². The van der Waals surface area contributed by atoms with Crippen LogP contribution in [0.1, 0.15) is 19.8 Å². The van der Waals surface area contributed by atoms with Crippen molar-refractivity contribution in [3.8, 4) is 0 Å². The van der Waals surface area contributed by atoms with Gasteiger partial charge in [0.1, 0.15) is 0 Å². The van der Waals surface area contributed by atoms with E-state index in [9.17, 15) is 19.7 Å². The van der Waals surface area contributed by atoms with Gasteiger partial charge in [-0.3, -0.25) is 24.6 Å². The largest absolute Gasteiger partial charge is 0.481 e. The molecule has 0 aromatic heterocycles. The summed E-state index contributed by atoms with van der Waals surface area (Å²) in [4.78, 5) is 35.4. The molecule has 1 unspecified atom stereocenters. The second-order valence-electron chi connectivity index (χ2n) is 5.62. The van der Waals surface area contributed by atoms with Crippen molar-refractivity contribution in [1.82, 2.24) is 4.90 Å². The first-order valence-corrected chi connectivity index (χ1v) is 7.40. The minimum absolute atomic E-state index is 0.0854. The molecule has 1 heterocycles. The van der Waals surface area contributed by atoms with Gasteiger partial charge < -0.3 is 10.4 Å². The number of carbonyl (C=O) groups excluding carboxylic acids is 1. The number of likely N-dealkylation sites (tertiary alicyclic amines) is 1. The summed E-state index contributed by atoms with van der Waals surface area (Å²) in [6.07, 6.45) is 1.04. The fraction of sp³-hybridized carbons (Fsp3) is 0.467. The van der Waals surface area contributed by atoms with E-state index >= 15 is 0 Å². The number of aliphatic carboxylic acids is 1. The van der Waals surface area contributed by atoms with Crippen LogP contribution in [0.25, 0.3) is 0 Å². The minimum Gasteiger partial charge on any atom is -0.481 e. The van der Waals surface area contributed by atoms with Gasteiger partial charge in [-0.25, -0.2) is 0 Å². The van der Waals surface area contributed by atoms with Crippen LogP contribution < -0.4 is 5.32 Å². The molecule has 0 spiro atoms. The number of piperidine rings is 1. The highest BCUT2D eigenvalue weighted by Crippen LogP contribution is 2.21. The highest BCUT2D eigenvalue weighted by molar-refractivity contribution is 5.94. The van der Waals surface area contributed by atoms with Crippen LogP contribution in [-0.2, 0) is 9.59 Å². The number of carbonyl (C=O) groups is 2. The van der Waals surface area contributed by atoms with Crippen LogP contribution in [0.5, 0.6) is 0 Å². The molecule has 2 rings (SSSR count). The number of amides is 1. The first kappa shape index (κ1) is 16.9. The van der Waals surface area contributed by atoms with E-state index in [1.54, 1.807) is 13.0 Å². The molecule has 1 saturated heterocycles. The molecule has 23 heavy (non-hydrogen) atoms. The van der Waals surface area contributed by atoms with E-state index < -0.39 is 16.9 Å². The standard InChI is InChI=1S/C15H19N3O5/c1-10(17-7-5-11(6-8-17)15(20)21)14(19)16-12-3-2-4-13(9-12)18(22)23/h2-4,9-11H,5-8H2,1H3,(H,16,19)(H,20,21). The molecule has 0 saturated carbocycles. The van der Waals surface area contributed by atoms with Crippen molar-refractivity contribution in [3.63, 3.8) is 0 Å². The summed E-state index contributed by atoms with van der Waals surface area (Å²) < 4.78 is 0. The Morgan fingerprint density at radius 2 is 2.04 bits per heavy atom. The summed E-state index contributed by atoms with van der Waals surface area (Å²) in [5.41, 5.74) is 0.286. The number of carboxylic acids is 1. The van der Waals surface area contributed by atoms with Crippen LogP contribution in [0.15, 0.2) is 24.3 Å². The van der Waals surface area contributed by atoms with Crippen molar-refractivity contribution < 1.29 is 19.6 Å². The summed E-state index contributed by atoms with van der Waals surface area (Å²) in [6.45, 7) is 2.83. The molecule has 0 aliphatic carbocycles. The molecule has 0 radical (unpaired) electrons. The van der Waals surface area contributed by atoms with Crippen molar-refractivity contribution in [3.05, 3.63) is 34.4 Å². The number of anilines is 1. The molecule has 1 aliphatic heterocycles. The van der Waals surface area contributed by atoms with Crippen molar-refractivity contribution in [2.45, 2.75) is 25.8 Å². The van der Waals surface area contributed by atoms with E-state index in [0.29, 0.717) is 31.6 Å². The molecular weight excluding hydrogens is 302 g/mol. The number of nitro benzene ring substituents is 1. The molecule has 1 atom stereocenters. The highest BCUT2D eigenvalue weighted by Gasteiger charge is 2.29. The van der Waals surface area contributed by atoms with E-state index in [1.807, 2.05) is 4.90 Å². The Balaban J connectivity index is 1.94. The predicted octanol–water partition coefficient (Wildman–Crippen LogP) is 1.72. The Kier molecular flexibility index (Phi) is 5.28. The molecule has 8 heteroatoms. The maximum Gasteiger partial charge on any atom is 0.306 e. The Hall–Kier alpha value is -2.48. The average Bonchev–Trinajstić information content (AvgIpc) is 2.54. The quantitative estimate of drug-likeness (QED) is 0.630. The molecule has 1 fully saturated rings. The Morgan fingerprint density at radius 1 is 1.39 bits per heavy atom. The molecule has 1 aromatic carbocycles. The van der Waals surface area contributed by atoms with E-state index in [4.69, 9.17) is 5.11 Å². The Labute approximate surface area is 133 Å². The van der Waals surface area contributed by atoms with Gasteiger partial charge in [-0.1, -0.05) is 6.07 Å². The second-order valence-corrected chi connectivity index (χ2v) is 5.62. The number of hydrogen-bond donors (Lipinski definition) is 2. The van der Waals surface area contributed by atoms with Crippen LogP contribution in [0, 0.1) is 16.0 Å². The van der Waals surface area contributed by atoms with Crippen molar-refractivity contribution in [1.29, 1.82) is 0 Å². The van der Waals surface area contributed by atoms with E-state index in [1.165, 1.54) is 18.2 Å². The fourth-order valence-electron chi connectivity index (χ4n) is 2.64. The monoisotopic (exact) mass is 321 g/mol. The van der Waals surface area contributed by atoms with E-state index in [0.717, 1.165) is 0 Å². The lowest BCUT2D eigenvalue weighted by Gasteiger charge is -2.33. The van der Waals surface area contributed by atoms with Crippen LogP contribution in [0.2, 0.25) is 0 Å². The van der Waals surface area contributed by atoms with Crippen LogP contribution in [0.4, 0.5) is 11.4 Å². The van der Waals surface area contributed by atoms with Crippen molar-refractivity contribution in [2.24, 2.45) is 5.92 Å².